The van der Waals surface area contributed by atoms with Crippen LogP contribution < -0.4 is 10.6 Å². The molecule has 0 spiro atoms. The lowest BCUT2D eigenvalue weighted by Crippen LogP contribution is -2.43. The maximum absolute atomic E-state index is 13.7. The number of nitrogens with zero attached hydrogens (tertiary/aromatic N) is 1. The van der Waals surface area contributed by atoms with Gasteiger partial charge in [-0.3, -0.25) is 0 Å². The molecule has 0 aliphatic heterocycles. The van der Waals surface area contributed by atoms with Crippen LogP contribution in [0.15, 0.2) is 18.2 Å². The average molecular weight is 305 g/mol. The molecule has 5 nitrogen and oxygen atoms in total. The number of carbonyl (C=O) groups is 1. The molecule has 0 unspecified atom stereocenters. The molecule has 1 aliphatic carbocycles. The van der Waals surface area contributed by atoms with Crippen LogP contribution in [0.1, 0.15) is 36.8 Å². The van der Waals surface area contributed by atoms with Gasteiger partial charge in [0.2, 0.25) is 0 Å². The topological polar surface area (TPSA) is 85.2 Å². The largest absolute Gasteiger partial charge is 0.396 e. The first-order valence-corrected chi connectivity index (χ1v) is 7.46. The van der Waals surface area contributed by atoms with E-state index < -0.39 is 5.82 Å². The number of hydrogen-bond donors (Lipinski definition) is 3. The van der Waals surface area contributed by atoms with Crippen molar-refractivity contribution in [2.45, 2.75) is 38.3 Å². The molecule has 1 fully saturated rings. The monoisotopic (exact) mass is 305 g/mol. The number of nitrogens with one attached hydrogen (secondary N) is 2. The minimum atomic E-state index is -0.497. The number of hydrogen-bond acceptors (Lipinski definition) is 3. The van der Waals surface area contributed by atoms with Gasteiger partial charge in [-0.2, -0.15) is 5.26 Å². The predicted octanol–water partition coefficient (Wildman–Crippen LogP) is 2.05. The zero-order valence-electron chi connectivity index (χ0n) is 12.3. The van der Waals surface area contributed by atoms with Crippen molar-refractivity contribution in [3.63, 3.8) is 0 Å². The van der Waals surface area contributed by atoms with E-state index in [0.717, 1.165) is 31.7 Å². The minimum absolute atomic E-state index is 0.0787. The average Bonchev–Trinajstić information content (AvgIpc) is 2.54. The highest BCUT2D eigenvalue weighted by atomic mass is 19.1. The van der Waals surface area contributed by atoms with Crippen LogP contribution in [0.25, 0.3) is 0 Å². The standard InChI is InChI=1S/C16H20FN3O2/c17-15-7-12(8-18)1-4-13(15)9-19-16(22)20-14-5-2-11(10-21)3-6-14/h1,4,7,11,14,21H,2-3,5-6,9-10H2,(H2,19,20,22). The summed E-state index contributed by atoms with van der Waals surface area (Å²) < 4.78 is 13.7. The summed E-state index contributed by atoms with van der Waals surface area (Å²) in [6, 6.07) is 5.83. The molecule has 0 aromatic heterocycles. The molecule has 22 heavy (non-hydrogen) atoms. The van der Waals surface area contributed by atoms with Gasteiger partial charge in [-0.25, -0.2) is 9.18 Å². The lowest BCUT2D eigenvalue weighted by atomic mass is 9.87. The number of amides is 2. The number of benzene rings is 1. The molecule has 1 aliphatic rings. The molecule has 2 rings (SSSR count). The highest BCUT2D eigenvalue weighted by molar-refractivity contribution is 5.74. The van der Waals surface area contributed by atoms with E-state index in [9.17, 15) is 9.18 Å². The molecule has 6 heteroatoms. The SMILES string of the molecule is N#Cc1ccc(CNC(=O)NC2CCC(CO)CC2)c(F)c1. The van der Waals surface area contributed by atoms with Gasteiger partial charge < -0.3 is 15.7 Å². The quantitative estimate of drug-likeness (QED) is 0.796. The molecule has 1 saturated carbocycles. The van der Waals surface area contributed by atoms with Crippen LogP contribution >= 0.6 is 0 Å². The summed E-state index contributed by atoms with van der Waals surface area (Å²) in [4.78, 5) is 11.8. The van der Waals surface area contributed by atoms with Gasteiger partial charge in [0.1, 0.15) is 5.82 Å². The summed E-state index contributed by atoms with van der Waals surface area (Å²) in [5.41, 5.74) is 0.601. The number of nitriles is 1. The summed E-state index contributed by atoms with van der Waals surface area (Å²) >= 11 is 0. The Balaban J connectivity index is 1.77. The normalized spacial score (nSPS) is 21.0. The Morgan fingerprint density at radius 3 is 2.68 bits per heavy atom. The van der Waals surface area contributed by atoms with E-state index in [2.05, 4.69) is 10.6 Å². The van der Waals surface area contributed by atoms with Crippen molar-refractivity contribution in [1.29, 1.82) is 5.26 Å². The maximum Gasteiger partial charge on any atom is 0.315 e. The van der Waals surface area contributed by atoms with Crippen LogP contribution in [0.3, 0.4) is 0 Å². The molecule has 3 N–H and O–H groups in total. The van der Waals surface area contributed by atoms with Gasteiger partial charge in [0, 0.05) is 24.8 Å². The first-order chi connectivity index (χ1) is 10.6. The molecular weight excluding hydrogens is 285 g/mol. The minimum Gasteiger partial charge on any atom is -0.396 e. The molecule has 0 saturated heterocycles. The Kier molecular flexibility index (Phi) is 5.73. The van der Waals surface area contributed by atoms with Crippen molar-refractivity contribution in [2.24, 2.45) is 5.92 Å². The van der Waals surface area contributed by atoms with E-state index in [1.807, 2.05) is 6.07 Å². The highest BCUT2D eigenvalue weighted by Gasteiger charge is 2.21. The predicted molar refractivity (Wildman–Crippen MR) is 79.3 cm³/mol. The van der Waals surface area contributed by atoms with Gasteiger partial charge in [0.15, 0.2) is 0 Å². The summed E-state index contributed by atoms with van der Waals surface area (Å²) in [7, 11) is 0. The fourth-order valence-corrected chi connectivity index (χ4v) is 2.66. The summed E-state index contributed by atoms with van der Waals surface area (Å²) in [6.45, 7) is 0.284. The zero-order valence-corrected chi connectivity index (χ0v) is 12.3. The van der Waals surface area contributed by atoms with Gasteiger partial charge in [0.25, 0.3) is 0 Å². The Hall–Kier alpha value is -2.13. The van der Waals surface area contributed by atoms with Gasteiger partial charge in [-0.1, -0.05) is 6.07 Å². The van der Waals surface area contributed by atoms with Crippen LogP contribution in [0.2, 0.25) is 0 Å². The lowest BCUT2D eigenvalue weighted by Gasteiger charge is -2.27. The molecule has 1 aromatic rings. The maximum atomic E-state index is 13.7. The van der Waals surface area contributed by atoms with Crippen molar-refractivity contribution in [2.75, 3.05) is 6.61 Å². The summed E-state index contributed by atoms with van der Waals surface area (Å²) in [6.07, 6.45) is 3.52. The third kappa shape index (κ3) is 4.43. The van der Waals surface area contributed by atoms with Crippen LogP contribution in [0.5, 0.6) is 0 Å². The second-order valence-electron chi connectivity index (χ2n) is 5.65. The molecule has 0 heterocycles. The van der Waals surface area contributed by atoms with Crippen LogP contribution in [0, 0.1) is 23.1 Å². The molecule has 1 aromatic carbocycles. The highest BCUT2D eigenvalue weighted by Crippen LogP contribution is 2.23. The summed E-state index contributed by atoms with van der Waals surface area (Å²) in [5, 5.41) is 23.3. The first kappa shape index (κ1) is 16.2. The lowest BCUT2D eigenvalue weighted by molar-refractivity contribution is 0.174. The number of carbonyl (C=O) groups excluding carboxylic acids is 1. The number of aliphatic hydroxyl groups excluding tert-OH is 1. The van der Waals surface area contributed by atoms with Gasteiger partial charge in [0.05, 0.1) is 11.6 Å². The van der Waals surface area contributed by atoms with E-state index in [1.54, 1.807) is 0 Å². The first-order valence-electron chi connectivity index (χ1n) is 7.46. The van der Waals surface area contributed by atoms with Crippen molar-refractivity contribution in [3.8, 4) is 6.07 Å². The van der Waals surface area contributed by atoms with Crippen molar-refractivity contribution in [1.82, 2.24) is 10.6 Å². The fourth-order valence-electron chi connectivity index (χ4n) is 2.66. The summed E-state index contributed by atoms with van der Waals surface area (Å²) in [5.74, 6) is -0.156. The second-order valence-corrected chi connectivity index (χ2v) is 5.65. The Morgan fingerprint density at radius 2 is 2.09 bits per heavy atom. The molecule has 0 radical (unpaired) electrons. The van der Waals surface area contributed by atoms with E-state index >= 15 is 0 Å². The van der Waals surface area contributed by atoms with Gasteiger partial charge in [-0.15, -0.1) is 0 Å². The molecular formula is C16H20FN3O2. The smallest absolute Gasteiger partial charge is 0.315 e. The van der Waals surface area contributed by atoms with Crippen LogP contribution in [0.4, 0.5) is 9.18 Å². The van der Waals surface area contributed by atoms with Crippen molar-refractivity contribution >= 4 is 6.03 Å². The molecule has 2 amide bonds. The Labute approximate surface area is 129 Å². The molecule has 0 atom stereocenters. The van der Waals surface area contributed by atoms with E-state index in [1.165, 1.54) is 12.1 Å². The third-order valence-corrected chi connectivity index (χ3v) is 4.06. The van der Waals surface area contributed by atoms with E-state index in [4.69, 9.17) is 10.4 Å². The second kappa shape index (κ2) is 7.76. The Bertz CT molecular complexity index is 563. The Morgan fingerprint density at radius 1 is 1.36 bits per heavy atom. The van der Waals surface area contributed by atoms with Crippen LogP contribution in [-0.2, 0) is 6.54 Å². The van der Waals surface area contributed by atoms with E-state index in [0.29, 0.717) is 11.5 Å². The number of urea groups is 1. The third-order valence-electron chi connectivity index (χ3n) is 4.06. The van der Waals surface area contributed by atoms with Crippen molar-refractivity contribution in [3.05, 3.63) is 35.1 Å². The van der Waals surface area contributed by atoms with Crippen LogP contribution in [-0.4, -0.2) is 23.8 Å². The molecule has 118 valence electrons. The number of rotatable bonds is 4. The molecule has 0 bridgehead atoms. The zero-order chi connectivity index (χ0) is 15.9. The van der Waals surface area contributed by atoms with Gasteiger partial charge in [-0.05, 0) is 43.7 Å². The number of halogens is 1. The van der Waals surface area contributed by atoms with Gasteiger partial charge >= 0.3 is 6.03 Å². The van der Waals surface area contributed by atoms with E-state index in [-0.39, 0.29) is 30.8 Å². The number of aliphatic hydroxyl groups is 1. The van der Waals surface area contributed by atoms with Crippen molar-refractivity contribution < 1.29 is 14.3 Å². The fraction of sp³-hybridized carbons (Fsp3) is 0.500.